The molecule has 1 unspecified atom stereocenters. The highest BCUT2D eigenvalue weighted by atomic mass is 79.9. The average Bonchev–Trinajstić information content (AvgIpc) is 2.35. The fourth-order valence-electron chi connectivity index (χ4n) is 2.35. The molecule has 3 nitrogen and oxygen atoms in total. The van der Waals surface area contributed by atoms with Gasteiger partial charge >= 0.3 is 5.97 Å². The third-order valence-electron chi connectivity index (χ3n) is 3.29. The van der Waals surface area contributed by atoms with Crippen molar-refractivity contribution in [3.8, 4) is 0 Å². The lowest BCUT2D eigenvalue weighted by Crippen LogP contribution is -2.36. The number of halogens is 1. The van der Waals surface area contributed by atoms with Crippen molar-refractivity contribution in [1.29, 1.82) is 0 Å². The summed E-state index contributed by atoms with van der Waals surface area (Å²) in [4.78, 5) is 13.0. The van der Waals surface area contributed by atoms with Gasteiger partial charge in [-0.25, -0.2) is 0 Å². The van der Waals surface area contributed by atoms with E-state index in [2.05, 4.69) is 53.7 Å². The minimum absolute atomic E-state index is 0.186. The van der Waals surface area contributed by atoms with Crippen LogP contribution in [0.5, 0.6) is 0 Å². The topological polar surface area (TPSA) is 40.5 Å². The molecule has 1 rings (SSSR count). The Morgan fingerprint density at radius 2 is 1.89 bits per heavy atom. The predicted molar refractivity (Wildman–Crippen MR) is 81.3 cm³/mol. The van der Waals surface area contributed by atoms with Gasteiger partial charge in [-0.2, -0.15) is 0 Å². The third kappa shape index (κ3) is 4.96. The largest absolute Gasteiger partial charge is 0.481 e. The van der Waals surface area contributed by atoms with E-state index in [1.165, 1.54) is 5.56 Å². The van der Waals surface area contributed by atoms with E-state index in [9.17, 15) is 4.79 Å². The van der Waals surface area contributed by atoms with Gasteiger partial charge in [-0.1, -0.05) is 35.0 Å². The number of rotatable bonds is 7. The number of carboxylic acids is 1. The molecule has 0 saturated carbocycles. The van der Waals surface area contributed by atoms with Crippen LogP contribution in [0.1, 0.15) is 45.2 Å². The highest BCUT2D eigenvalue weighted by Crippen LogP contribution is 2.27. The van der Waals surface area contributed by atoms with Crippen LogP contribution in [0, 0.1) is 0 Å². The highest BCUT2D eigenvalue weighted by molar-refractivity contribution is 9.10. The van der Waals surface area contributed by atoms with Crippen LogP contribution in [-0.2, 0) is 4.79 Å². The van der Waals surface area contributed by atoms with Gasteiger partial charge in [0.2, 0.25) is 0 Å². The van der Waals surface area contributed by atoms with Gasteiger partial charge in [0, 0.05) is 23.1 Å². The predicted octanol–water partition coefficient (Wildman–Crippen LogP) is 4.09. The van der Waals surface area contributed by atoms with Crippen molar-refractivity contribution < 1.29 is 9.90 Å². The molecule has 0 aromatic heterocycles. The summed E-state index contributed by atoms with van der Waals surface area (Å²) in [5.41, 5.74) is 1.24. The first-order valence-corrected chi connectivity index (χ1v) is 7.48. The van der Waals surface area contributed by atoms with E-state index in [0.29, 0.717) is 12.6 Å². The second-order valence-electron chi connectivity index (χ2n) is 4.95. The monoisotopic (exact) mass is 327 g/mol. The lowest BCUT2D eigenvalue weighted by molar-refractivity contribution is -0.137. The molecule has 0 aliphatic carbocycles. The molecule has 0 aliphatic heterocycles. The fourth-order valence-corrected chi connectivity index (χ4v) is 2.61. The number of carbonyl (C=O) groups is 1. The van der Waals surface area contributed by atoms with E-state index >= 15 is 0 Å². The lowest BCUT2D eigenvalue weighted by Gasteiger charge is -2.34. The summed E-state index contributed by atoms with van der Waals surface area (Å²) >= 11 is 3.44. The van der Waals surface area contributed by atoms with Crippen LogP contribution in [-0.4, -0.2) is 28.6 Å². The summed E-state index contributed by atoms with van der Waals surface area (Å²) in [6.07, 6.45) is 1.16. The van der Waals surface area contributed by atoms with Crippen molar-refractivity contribution in [1.82, 2.24) is 4.90 Å². The standard InChI is InChI=1S/C15H22BrNO2/c1-4-14(12-5-7-13(16)8-6-12)17(11(2)3)10-9-15(18)19/h5-8,11,14H,4,9-10H2,1-3H3,(H,18,19). The Hall–Kier alpha value is -0.870. The van der Waals surface area contributed by atoms with Gasteiger partial charge in [0.25, 0.3) is 0 Å². The molecule has 1 N–H and O–H groups in total. The summed E-state index contributed by atoms with van der Waals surface area (Å²) in [6, 6.07) is 8.88. The first kappa shape index (κ1) is 16.2. The molecule has 0 amide bonds. The third-order valence-corrected chi connectivity index (χ3v) is 3.82. The van der Waals surface area contributed by atoms with Crippen molar-refractivity contribution in [2.75, 3.05) is 6.54 Å². The fraction of sp³-hybridized carbons (Fsp3) is 0.533. The van der Waals surface area contributed by atoms with Crippen LogP contribution in [0.25, 0.3) is 0 Å². The van der Waals surface area contributed by atoms with Crippen LogP contribution in [0.4, 0.5) is 0 Å². The number of benzene rings is 1. The minimum Gasteiger partial charge on any atom is -0.481 e. The number of hydrogen-bond acceptors (Lipinski definition) is 2. The summed E-state index contributed by atoms with van der Waals surface area (Å²) in [6.45, 7) is 6.96. The van der Waals surface area contributed by atoms with Gasteiger partial charge in [-0.05, 0) is 38.0 Å². The van der Waals surface area contributed by atoms with Gasteiger partial charge < -0.3 is 5.11 Å². The maximum atomic E-state index is 10.8. The van der Waals surface area contributed by atoms with Crippen LogP contribution in [0.3, 0.4) is 0 Å². The molecule has 1 atom stereocenters. The zero-order valence-corrected chi connectivity index (χ0v) is 13.4. The molecule has 0 heterocycles. The molecule has 0 bridgehead atoms. The Labute approximate surface area is 123 Å². The molecule has 0 fully saturated rings. The van der Waals surface area contributed by atoms with Gasteiger partial charge in [0.05, 0.1) is 6.42 Å². The first-order valence-electron chi connectivity index (χ1n) is 6.68. The van der Waals surface area contributed by atoms with E-state index in [1.54, 1.807) is 0 Å². The molecule has 19 heavy (non-hydrogen) atoms. The quantitative estimate of drug-likeness (QED) is 0.820. The number of aliphatic carboxylic acids is 1. The molecule has 0 aliphatic rings. The molecule has 106 valence electrons. The van der Waals surface area contributed by atoms with Crippen LogP contribution in [0.15, 0.2) is 28.7 Å². The number of hydrogen-bond donors (Lipinski definition) is 1. The molecule has 0 saturated heterocycles. The number of carboxylic acid groups (broad SMARTS) is 1. The number of nitrogens with zero attached hydrogens (tertiary/aromatic N) is 1. The zero-order valence-electron chi connectivity index (χ0n) is 11.8. The average molecular weight is 328 g/mol. The Balaban J connectivity index is 2.89. The SMILES string of the molecule is CCC(c1ccc(Br)cc1)N(CCC(=O)O)C(C)C. The lowest BCUT2D eigenvalue weighted by atomic mass is 10.0. The van der Waals surface area contributed by atoms with Crippen molar-refractivity contribution in [2.24, 2.45) is 0 Å². The van der Waals surface area contributed by atoms with E-state index in [-0.39, 0.29) is 12.5 Å². The molecule has 1 aromatic carbocycles. The van der Waals surface area contributed by atoms with E-state index in [4.69, 9.17) is 5.11 Å². The van der Waals surface area contributed by atoms with Gasteiger partial charge in [-0.15, -0.1) is 0 Å². The summed E-state index contributed by atoms with van der Waals surface area (Å²) in [7, 11) is 0. The van der Waals surface area contributed by atoms with E-state index < -0.39 is 5.97 Å². The summed E-state index contributed by atoms with van der Waals surface area (Å²) < 4.78 is 1.06. The van der Waals surface area contributed by atoms with Crippen molar-refractivity contribution in [3.63, 3.8) is 0 Å². The smallest absolute Gasteiger partial charge is 0.304 e. The van der Waals surface area contributed by atoms with E-state index in [1.807, 2.05) is 12.1 Å². The maximum absolute atomic E-state index is 10.8. The van der Waals surface area contributed by atoms with Crippen molar-refractivity contribution in [3.05, 3.63) is 34.3 Å². The van der Waals surface area contributed by atoms with Gasteiger partial charge in [-0.3, -0.25) is 9.69 Å². The minimum atomic E-state index is -0.740. The zero-order chi connectivity index (χ0) is 14.4. The van der Waals surface area contributed by atoms with Crippen LogP contribution in [0.2, 0.25) is 0 Å². The molecular weight excluding hydrogens is 306 g/mol. The van der Waals surface area contributed by atoms with E-state index in [0.717, 1.165) is 10.9 Å². The first-order chi connectivity index (χ1) is 8.95. The summed E-state index contributed by atoms with van der Waals surface area (Å²) in [5.74, 6) is -0.740. The van der Waals surface area contributed by atoms with Crippen LogP contribution < -0.4 is 0 Å². The van der Waals surface area contributed by atoms with Gasteiger partial charge in [0.15, 0.2) is 0 Å². The van der Waals surface area contributed by atoms with Crippen LogP contribution >= 0.6 is 15.9 Å². The molecular formula is C15H22BrNO2. The Morgan fingerprint density at radius 1 is 1.32 bits per heavy atom. The normalized spacial score (nSPS) is 12.9. The second-order valence-corrected chi connectivity index (χ2v) is 5.87. The highest BCUT2D eigenvalue weighted by Gasteiger charge is 2.21. The molecule has 1 aromatic rings. The molecule has 0 radical (unpaired) electrons. The van der Waals surface area contributed by atoms with Crippen molar-refractivity contribution in [2.45, 2.75) is 45.7 Å². The second kappa shape index (κ2) is 7.65. The van der Waals surface area contributed by atoms with Crippen molar-refractivity contribution >= 4 is 21.9 Å². The Bertz CT molecular complexity index is 403. The Kier molecular flexibility index (Phi) is 6.52. The molecule has 0 spiro atoms. The Morgan fingerprint density at radius 3 is 2.32 bits per heavy atom. The summed E-state index contributed by atoms with van der Waals surface area (Å²) in [5, 5.41) is 8.87. The maximum Gasteiger partial charge on any atom is 0.304 e. The van der Waals surface area contributed by atoms with Gasteiger partial charge in [0.1, 0.15) is 0 Å². The molecule has 4 heteroatoms.